The van der Waals surface area contributed by atoms with Crippen LogP contribution in [0.15, 0.2) is 5.16 Å². The summed E-state index contributed by atoms with van der Waals surface area (Å²) >= 11 is 1.77. The summed E-state index contributed by atoms with van der Waals surface area (Å²) in [6, 6.07) is 1.06. The van der Waals surface area contributed by atoms with Crippen LogP contribution in [0.2, 0.25) is 0 Å². The first kappa shape index (κ1) is 11.9. The Morgan fingerprint density at radius 2 is 2.31 bits per heavy atom. The van der Waals surface area contributed by atoms with Crippen LogP contribution < -0.4 is 5.32 Å². The molecule has 2 atom stereocenters. The van der Waals surface area contributed by atoms with Gasteiger partial charge in [-0.05, 0) is 36.7 Å². The zero-order valence-electron chi connectivity index (χ0n) is 10.1. The van der Waals surface area contributed by atoms with Gasteiger partial charge < -0.3 is 5.32 Å². The summed E-state index contributed by atoms with van der Waals surface area (Å²) in [5.41, 5.74) is 0. The molecule has 0 saturated heterocycles. The third kappa shape index (κ3) is 2.55. The zero-order chi connectivity index (χ0) is 11.5. The topological polar surface area (TPSA) is 55.6 Å². The van der Waals surface area contributed by atoms with Gasteiger partial charge in [0.05, 0.1) is 6.04 Å². The monoisotopic (exact) mass is 241 g/mol. The maximum absolute atomic E-state index is 4.11. The van der Waals surface area contributed by atoms with E-state index < -0.39 is 0 Å². The first-order valence-corrected chi connectivity index (χ1v) is 6.76. The molecule has 5 nitrogen and oxygen atoms in total. The summed E-state index contributed by atoms with van der Waals surface area (Å²) in [4.78, 5) is 0. The molecular weight excluding hydrogens is 222 g/mol. The van der Waals surface area contributed by atoms with E-state index in [4.69, 9.17) is 0 Å². The van der Waals surface area contributed by atoms with Crippen molar-refractivity contribution < 1.29 is 0 Å². The molecule has 0 aromatic carbocycles. The second-order valence-corrected chi connectivity index (χ2v) is 5.61. The van der Waals surface area contributed by atoms with Crippen LogP contribution in [0.3, 0.4) is 0 Å². The van der Waals surface area contributed by atoms with E-state index >= 15 is 0 Å². The zero-order valence-corrected chi connectivity index (χ0v) is 10.9. The Labute approximate surface area is 100 Å². The smallest absolute Gasteiger partial charge is 0.209 e. The van der Waals surface area contributed by atoms with Crippen LogP contribution in [-0.4, -0.2) is 38.5 Å². The summed E-state index contributed by atoms with van der Waals surface area (Å²) in [5.74, 6) is 0. The fourth-order valence-electron chi connectivity index (χ4n) is 1.83. The highest BCUT2D eigenvalue weighted by molar-refractivity contribution is 7.99. The highest BCUT2D eigenvalue weighted by atomic mass is 32.2. The molecule has 1 aliphatic carbocycles. The van der Waals surface area contributed by atoms with Crippen molar-refractivity contribution in [1.82, 2.24) is 25.5 Å². The molecule has 0 aliphatic heterocycles. The van der Waals surface area contributed by atoms with Gasteiger partial charge in [-0.1, -0.05) is 25.6 Å². The molecule has 0 spiro atoms. The van der Waals surface area contributed by atoms with E-state index in [1.807, 2.05) is 11.7 Å². The second kappa shape index (κ2) is 5.14. The summed E-state index contributed by atoms with van der Waals surface area (Å²) in [5, 5.41) is 16.7. The normalized spacial score (nSPS) is 19.7. The van der Waals surface area contributed by atoms with Gasteiger partial charge in [0.15, 0.2) is 0 Å². The quantitative estimate of drug-likeness (QED) is 0.765. The summed E-state index contributed by atoms with van der Waals surface area (Å²) in [6.45, 7) is 4.42. The third-order valence-electron chi connectivity index (χ3n) is 3.02. The highest BCUT2D eigenvalue weighted by Crippen LogP contribution is 2.37. The highest BCUT2D eigenvalue weighted by Gasteiger charge is 2.29. The van der Waals surface area contributed by atoms with E-state index in [0.717, 1.165) is 11.6 Å². The van der Waals surface area contributed by atoms with Gasteiger partial charge in [0, 0.05) is 11.3 Å². The predicted molar refractivity (Wildman–Crippen MR) is 64.5 cm³/mol. The molecule has 1 saturated carbocycles. The van der Waals surface area contributed by atoms with Crippen LogP contribution in [0.5, 0.6) is 0 Å². The molecular formula is C10H19N5S. The standard InChI is InChI=1S/C10H19N5S/c1-4-9(11-3)7(2)16-10-12-13-14-15(10)8-5-6-8/h7-9,11H,4-6H2,1-3H3. The number of tetrazole rings is 1. The molecule has 1 aromatic heterocycles. The fraction of sp³-hybridized carbons (Fsp3) is 0.900. The number of hydrogen-bond donors (Lipinski definition) is 1. The summed E-state index contributed by atoms with van der Waals surface area (Å²) in [7, 11) is 2.01. The van der Waals surface area contributed by atoms with Crippen LogP contribution in [0.25, 0.3) is 0 Å². The second-order valence-electron chi connectivity index (χ2n) is 4.26. The Kier molecular flexibility index (Phi) is 3.81. The molecule has 2 rings (SSSR count). The molecule has 90 valence electrons. The molecule has 0 radical (unpaired) electrons. The minimum absolute atomic E-state index is 0.485. The number of aromatic nitrogens is 4. The molecule has 2 unspecified atom stereocenters. The largest absolute Gasteiger partial charge is 0.316 e. The number of rotatable bonds is 6. The van der Waals surface area contributed by atoms with Crippen LogP contribution >= 0.6 is 11.8 Å². The van der Waals surface area contributed by atoms with E-state index in [2.05, 4.69) is 34.7 Å². The van der Waals surface area contributed by atoms with E-state index in [1.54, 1.807) is 11.8 Å². The average molecular weight is 241 g/mol. The lowest BCUT2D eigenvalue weighted by Crippen LogP contribution is -2.33. The number of nitrogens with zero attached hydrogens (tertiary/aromatic N) is 4. The number of thioether (sulfide) groups is 1. The lowest BCUT2D eigenvalue weighted by atomic mass is 10.2. The Morgan fingerprint density at radius 1 is 1.56 bits per heavy atom. The fourth-order valence-corrected chi connectivity index (χ4v) is 3.03. The summed E-state index contributed by atoms with van der Waals surface area (Å²) < 4.78 is 1.98. The first-order valence-electron chi connectivity index (χ1n) is 5.88. The summed E-state index contributed by atoms with van der Waals surface area (Å²) in [6.07, 6.45) is 3.56. The molecule has 1 N–H and O–H groups in total. The van der Waals surface area contributed by atoms with Gasteiger partial charge in [-0.15, -0.1) is 5.10 Å². The van der Waals surface area contributed by atoms with Gasteiger partial charge in [-0.2, -0.15) is 0 Å². The van der Waals surface area contributed by atoms with Gasteiger partial charge in [0.2, 0.25) is 5.16 Å². The Hall–Kier alpha value is -0.620. The van der Waals surface area contributed by atoms with Gasteiger partial charge in [0.1, 0.15) is 0 Å². The van der Waals surface area contributed by atoms with Gasteiger partial charge in [0.25, 0.3) is 0 Å². The number of hydrogen-bond acceptors (Lipinski definition) is 5. The Morgan fingerprint density at radius 3 is 2.88 bits per heavy atom. The van der Waals surface area contributed by atoms with Gasteiger partial charge in [-0.25, -0.2) is 4.68 Å². The van der Waals surface area contributed by atoms with Crippen molar-refractivity contribution in [2.45, 2.75) is 55.6 Å². The van der Waals surface area contributed by atoms with Crippen LogP contribution in [0.4, 0.5) is 0 Å². The van der Waals surface area contributed by atoms with Crippen LogP contribution in [-0.2, 0) is 0 Å². The molecule has 1 heterocycles. The van der Waals surface area contributed by atoms with Crippen molar-refractivity contribution in [2.75, 3.05) is 7.05 Å². The van der Waals surface area contributed by atoms with Crippen molar-refractivity contribution in [3.63, 3.8) is 0 Å². The van der Waals surface area contributed by atoms with Crippen molar-refractivity contribution >= 4 is 11.8 Å². The van der Waals surface area contributed by atoms with Gasteiger partial charge in [-0.3, -0.25) is 0 Å². The minimum Gasteiger partial charge on any atom is -0.316 e. The molecule has 1 aliphatic rings. The average Bonchev–Trinajstić information content (AvgIpc) is 3.02. The molecule has 0 bridgehead atoms. The van der Waals surface area contributed by atoms with Crippen molar-refractivity contribution in [3.05, 3.63) is 0 Å². The molecule has 16 heavy (non-hydrogen) atoms. The molecule has 6 heteroatoms. The van der Waals surface area contributed by atoms with Crippen molar-refractivity contribution in [2.24, 2.45) is 0 Å². The Balaban J connectivity index is 1.99. The van der Waals surface area contributed by atoms with Gasteiger partial charge >= 0.3 is 0 Å². The molecule has 0 amide bonds. The van der Waals surface area contributed by atoms with Crippen LogP contribution in [0, 0.1) is 0 Å². The SMILES string of the molecule is CCC(NC)C(C)Sc1nnnn1C1CC1. The lowest BCUT2D eigenvalue weighted by Gasteiger charge is -2.20. The van der Waals surface area contributed by atoms with Crippen molar-refractivity contribution in [1.29, 1.82) is 0 Å². The molecule has 1 fully saturated rings. The minimum atomic E-state index is 0.485. The van der Waals surface area contributed by atoms with E-state index in [1.165, 1.54) is 12.8 Å². The predicted octanol–water partition coefficient (Wildman–Crippen LogP) is 1.49. The van der Waals surface area contributed by atoms with Crippen molar-refractivity contribution in [3.8, 4) is 0 Å². The van der Waals surface area contributed by atoms with Crippen LogP contribution in [0.1, 0.15) is 39.2 Å². The third-order valence-corrected chi connectivity index (χ3v) is 4.20. The van der Waals surface area contributed by atoms with E-state index in [0.29, 0.717) is 17.3 Å². The van der Waals surface area contributed by atoms with E-state index in [9.17, 15) is 0 Å². The van der Waals surface area contributed by atoms with E-state index in [-0.39, 0.29) is 0 Å². The number of nitrogens with one attached hydrogen (secondary N) is 1. The Bertz CT molecular complexity index is 332. The maximum atomic E-state index is 4.11. The molecule has 1 aromatic rings. The lowest BCUT2D eigenvalue weighted by molar-refractivity contribution is 0.534. The first-order chi connectivity index (χ1) is 7.76. The maximum Gasteiger partial charge on any atom is 0.209 e.